The second-order valence-corrected chi connectivity index (χ2v) is 6.85. The van der Waals surface area contributed by atoms with Crippen molar-refractivity contribution in [2.45, 2.75) is 31.3 Å². The van der Waals surface area contributed by atoms with E-state index in [1.54, 1.807) is 24.6 Å². The molecule has 1 aromatic carbocycles. The van der Waals surface area contributed by atoms with Gasteiger partial charge in [-0.15, -0.1) is 0 Å². The summed E-state index contributed by atoms with van der Waals surface area (Å²) in [5.41, 5.74) is 0.780. The molecule has 0 radical (unpaired) electrons. The molecule has 0 aliphatic carbocycles. The van der Waals surface area contributed by atoms with Gasteiger partial charge in [-0.2, -0.15) is 13.7 Å². The molecule has 1 rings (SSSR count). The van der Waals surface area contributed by atoms with E-state index in [1.165, 1.54) is 17.8 Å². The zero-order valence-electron chi connectivity index (χ0n) is 12.5. The minimum atomic E-state index is -4.36. The lowest BCUT2D eigenvalue weighted by Crippen LogP contribution is -2.23. The van der Waals surface area contributed by atoms with Crippen LogP contribution in [0.25, 0.3) is 0 Å². The van der Waals surface area contributed by atoms with Crippen LogP contribution in [0.5, 0.6) is 0 Å². The number of nitriles is 1. The van der Waals surface area contributed by atoms with Crippen LogP contribution in [-0.4, -0.2) is 30.4 Å². The third-order valence-corrected chi connectivity index (χ3v) is 4.13. The van der Waals surface area contributed by atoms with E-state index in [-0.39, 0.29) is 10.9 Å². The van der Waals surface area contributed by atoms with Gasteiger partial charge in [0.1, 0.15) is 4.90 Å². The summed E-state index contributed by atoms with van der Waals surface area (Å²) in [6.07, 6.45) is 3.48. The molecule has 0 saturated heterocycles. The molecule has 9 heteroatoms. The summed E-state index contributed by atoms with van der Waals surface area (Å²) in [7, 11) is -4.36. The number of rotatable bonds is 5. The lowest BCUT2D eigenvalue weighted by atomic mass is 10.2. The molecule has 0 aromatic heterocycles. The van der Waals surface area contributed by atoms with E-state index in [1.807, 2.05) is 13.8 Å². The second-order valence-electron chi connectivity index (χ2n) is 4.66. The van der Waals surface area contributed by atoms with Crippen molar-refractivity contribution in [2.75, 3.05) is 6.26 Å². The lowest BCUT2D eigenvalue weighted by molar-refractivity contribution is 0.480. The minimum absolute atomic E-state index is 0.176. The Balaban J connectivity index is 3.24. The van der Waals surface area contributed by atoms with Gasteiger partial charge < -0.3 is 5.32 Å². The number of aliphatic imine (C=N–C) groups is 1. The second kappa shape index (κ2) is 8.14. The van der Waals surface area contributed by atoms with E-state index in [4.69, 9.17) is 5.26 Å². The van der Waals surface area contributed by atoms with Gasteiger partial charge in [0.25, 0.3) is 10.1 Å². The quantitative estimate of drug-likeness (QED) is 0.246. The van der Waals surface area contributed by atoms with Gasteiger partial charge in [-0.3, -0.25) is 9.87 Å². The summed E-state index contributed by atoms with van der Waals surface area (Å²) in [4.78, 5) is 3.93. The van der Waals surface area contributed by atoms with E-state index in [0.717, 1.165) is 0 Å². The number of amidine groups is 1. The van der Waals surface area contributed by atoms with Crippen molar-refractivity contribution < 1.29 is 13.0 Å². The molecule has 0 aliphatic heterocycles. The van der Waals surface area contributed by atoms with E-state index < -0.39 is 10.1 Å². The van der Waals surface area contributed by atoms with Crippen molar-refractivity contribution in [2.24, 2.45) is 4.99 Å². The predicted molar refractivity (Wildman–Crippen MR) is 87.6 cm³/mol. The highest BCUT2D eigenvalue weighted by molar-refractivity contribution is 8.13. The van der Waals surface area contributed by atoms with Crippen LogP contribution in [-0.2, 0) is 16.7 Å². The third kappa shape index (κ3) is 5.65. The van der Waals surface area contributed by atoms with E-state index in [0.29, 0.717) is 23.0 Å². The van der Waals surface area contributed by atoms with E-state index >= 15 is 0 Å². The summed E-state index contributed by atoms with van der Waals surface area (Å²) in [6.45, 7) is 4.18. The zero-order chi connectivity index (χ0) is 16.8. The van der Waals surface area contributed by atoms with Crippen LogP contribution >= 0.6 is 11.8 Å². The molecule has 0 aliphatic rings. The van der Waals surface area contributed by atoms with Crippen molar-refractivity contribution in [3.63, 3.8) is 0 Å². The Kier molecular flexibility index (Phi) is 6.83. The molecule has 120 valence electrons. The first kappa shape index (κ1) is 18.4. The van der Waals surface area contributed by atoms with Gasteiger partial charge >= 0.3 is 0 Å². The molecule has 22 heavy (non-hydrogen) atoms. The number of nitrogens with zero attached hydrogens (tertiary/aromatic N) is 2. The van der Waals surface area contributed by atoms with Gasteiger partial charge in [0, 0.05) is 12.6 Å². The Morgan fingerprint density at radius 1 is 1.50 bits per heavy atom. The van der Waals surface area contributed by atoms with Crippen LogP contribution in [0.4, 0.5) is 5.69 Å². The van der Waals surface area contributed by atoms with Crippen LogP contribution in [0.1, 0.15) is 19.4 Å². The fraction of sp³-hybridized carbons (Fsp3) is 0.385. The van der Waals surface area contributed by atoms with Crippen molar-refractivity contribution in [1.82, 2.24) is 10.6 Å². The number of nitrogens with one attached hydrogen (secondary N) is 2. The van der Waals surface area contributed by atoms with Crippen LogP contribution in [0.15, 0.2) is 28.1 Å². The summed E-state index contributed by atoms with van der Waals surface area (Å²) in [5, 5.41) is 14.4. The maximum absolute atomic E-state index is 11.5. The molecular formula is C13H18N4O3S2. The Labute approximate surface area is 134 Å². The third-order valence-electron chi connectivity index (χ3n) is 2.62. The predicted octanol–water partition coefficient (Wildman–Crippen LogP) is 1.85. The lowest BCUT2D eigenvalue weighted by Gasteiger charge is -2.12. The van der Waals surface area contributed by atoms with Crippen molar-refractivity contribution in [1.29, 1.82) is 5.26 Å². The van der Waals surface area contributed by atoms with Gasteiger partial charge in [-0.1, -0.05) is 31.7 Å². The maximum atomic E-state index is 11.5. The summed E-state index contributed by atoms with van der Waals surface area (Å²) >= 11 is 1.21. The highest BCUT2D eigenvalue weighted by Crippen LogP contribution is 2.23. The summed E-state index contributed by atoms with van der Waals surface area (Å²) in [5.74, 6) is 0. The SMILES string of the molecule is CSC(=Nc1ccc(CNC(C)C)c(S(=O)(=O)O)c1)NC#N. The molecule has 7 nitrogen and oxygen atoms in total. The highest BCUT2D eigenvalue weighted by atomic mass is 32.2. The van der Waals surface area contributed by atoms with Crippen molar-refractivity contribution >= 4 is 32.7 Å². The van der Waals surface area contributed by atoms with E-state index in [9.17, 15) is 13.0 Å². The topological polar surface area (TPSA) is 115 Å². The summed E-state index contributed by atoms with van der Waals surface area (Å²) < 4.78 is 32.5. The molecule has 3 N–H and O–H groups in total. The molecule has 0 fully saturated rings. The molecule has 0 atom stereocenters. The fourth-order valence-corrected chi connectivity index (χ4v) is 2.69. The fourth-order valence-electron chi connectivity index (χ4n) is 1.60. The Morgan fingerprint density at radius 3 is 2.68 bits per heavy atom. The smallest absolute Gasteiger partial charge is 0.294 e. The van der Waals surface area contributed by atoms with Crippen LogP contribution in [0.2, 0.25) is 0 Å². The minimum Gasteiger partial charge on any atom is -0.310 e. The van der Waals surface area contributed by atoms with Gasteiger partial charge in [0.15, 0.2) is 11.4 Å². The largest absolute Gasteiger partial charge is 0.310 e. The molecule has 0 unspecified atom stereocenters. The van der Waals surface area contributed by atoms with Crippen LogP contribution < -0.4 is 10.6 Å². The molecule has 1 aromatic rings. The first-order chi connectivity index (χ1) is 10.3. The highest BCUT2D eigenvalue weighted by Gasteiger charge is 2.16. The first-order valence-electron chi connectivity index (χ1n) is 6.39. The standard InChI is InChI=1S/C13H18N4O3S2/c1-9(2)15-7-10-4-5-11(6-12(10)22(18,19)20)17-13(21-3)16-8-14/h4-6,9,15H,7H2,1-3H3,(H,16,17)(H,18,19,20). The van der Waals surface area contributed by atoms with E-state index in [2.05, 4.69) is 15.6 Å². The Hall–Kier alpha value is -1.60. The number of hydrogen-bond acceptors (Lipinski definition) is 6. The van der Waals surface area contributed by atoms with Crippen molar-refractivity contribution in [3.05, 3.63) is 23.8 Å². The number of thioether (sulfide) groups is 1. The molecule has 0 bridgehead atoms. The van der Waals surface area contributed by atoms with Gasteiger partial charge in [-0.05, 0) is 24.0 Å². The van der Waals surface area contributed by atoms with Gasteiger partial charge in [0.2, 0.25) is 0 Å². The van der Waals surface area contributed by atoms with Gasteiger partial charge in [-0.25, -0.2) is 4.99 Å². The first-order valence-corrected chi connectivity index (χ1v) is 9.06. The van der Waals surface area contributed by atoms with Crippen LogP contribution in [0, 0.1) is 11.5 Å². The molecule has 0 saturated carbocycles. The molecule has 0 heterocycles. The monoisotopic (exact) mass is 342 g/mol. The Morgan fingerprint density at radius 2 is 2.18 bits per heavy atom. The maximum Gasteiger partial charge on any atom is 0.294 e. The van der Waals surface area contributed by atoms with Crippen molar-refractivity contribution in [3.8, 4) is 6.19 Å². The Bertz CT molecular complexity index is 694. The van der Waals surface area contributed by atoms with Crippen LogP contribution in [0.3, 0.4) is 0 Å². The molecule has 0 spiro atoms. The number of hydrogen-bond donors (Lipinski definition) is 3. The molecular weight excluding hydrogens is 324 g/mol. The average molecular weight is 342 g/mol. The number of benzene rings is 1. The zero-order valence-corrected chi connectivity index (χ0v) is 14.1. The molecule has 0 amide bonds. The summed E-state index contributed by atoms with van der Waals surface area (Å²) in [6, 6.07) is 4.67. The average Bonchev–Trinajstić information content (AvgIpc) is 2.44. The van der Waals surface area contributed by atoms with Gasteiger partial charge in [0.05, 0.1) is 5.69 Å². The normalized spacial score (nSPS) is 12.3.